The first-order chi connectivity index (χ1) is 9.24. The zero-order valence-electron chi connectivity index (χ0n) is 10.6. The van der Waals surface area contributed by atoms with E-state index in [4.69, 9.17) is 10.2 Å². The molecule has 2 heterocycles. The van der Waals surface area contributed by atoms with Crippen LogP contribution >= 0.6 is 0 Å². The molecule has 0 radical (unpaired) electrons. The first kappa shape index (κ1) is 11.5. The molecule has 5 heteroatoms. The van der Waals surface area contributed by atoms with Gasteiger partial charge in [-0.1, -0.05) is 0 Å². The van der Waals surface area contributed by atoms with Crippen LogP contribution in [0.15, 0.2) is 41.1 Å². The number of benzene rings is 1. The van der Waals surface area contributed by atoms with Crippen molar-refractivity contribution < 1.29 is 4.42 Å². The van der Waals surface area contributed by atoms with Gasteiger partial charge >= 0.3 is 0 Å². The maximum Gasteiger partial charge on any atom is 0.213 e. The summed E-state index contributed by atoms with van der Waals surface area (Å²) in [6.45, 7) is 2.39. The van der Waals surface area contributed by atoms with Crippen LogP contribution in [0.2, 0.25) is 0 Å². The molecule has 0 atom stereocenters. The molecule has 0 saturated carbocycles. The van der Waals surface area contributed by atoms with E-state index in [0.29, 0.717) is 12.4 Å². The fourth-order valence-electron chi connectivity index (χ4n) is 1.99. The Balaban J connectivity index is 1.91. The number of aryl methyl sites for hydroxylation is 1. The highest BCUT2D eigenvalue weighted by Gasteiger charge is 2.06. The molecular weight excluding hydrogens is 240 g/mol. The second kappa shape index (κ2) is 4.61. The zero-order valence-corrected chi connectivity index (χ0v) is 10.6. The summed E-state index contributed by atoms with van der Waals surface area (Å²) in [7, 11) is 0. The maximum absolute atomic E-state index is 5.94. The summed E-state index contributed by atoms with van der Waals surface area (Å²) in [5.41, 5.74) is 8.43. The van der Waals surface area contributed by atoms with Gasteiger partial charge in [0.15, 0.2) is 0 Å². The molecule has 0 aliphatic carbocycles. The number of hydrogen-bond acceptors (Lipinski definition) is 5. The Morgan fingerprint density at radius 2 is 2.16 bits per heavy atom. The van der Waals surface area contributed by atoms with Crippen LogP contribution in [0.4, 0.5) is 11.4 Å². The molecule has 0 aliphatic heterocycles. The quantitative estimate of drug-likeness (QED) is 0.703. The minimum atomic E-state index is 0.517. The van der Waals surface area contributed by atoms with Gasteiger partial charge in [0, 0.05) is 17.3 Å². The Kier molecular flexibility index (Phi) is 2.79. The molecule has 0 bridgehead atoms. The second-order valence-corrected chi connectivity index (χ2v) is 4.32. The van der Waals surface area contributed by atoms with Gasteiger partial charge in [0.25, 0.3) is 0 Å². The van der Waals surface area contributed by atoms with Crippen molar-refractivity contribution in [1.29, 1.82) is 0 Å². The average Bonchev–Trinajstić information content (AvgIpc) is 2.84. The van der Waals surface area contributed by atoms with E-state index in [0.717, 1.165) is 28.0 Å². The van der Waals surface area contributed by atoms with Gasteiger partial charge in [-0.25, -0.2) is 4.98 Å². The minimum absolute atomic E-state index is 0.517. The first-order valence-electron chi connectivity index (χ1n) is 6.02. The lowest BCUT2D eigenvalue weighted by Crippen LogP contribution is -2.01. The van der Waals surface area contributed by atoms with E-state index in [1.807, 2.05) is 31.2 Å². The number of nitrogens with zero attached hydrogens (tertiary/aromatic N) is 2. The molecule has 0 amide bonds. The van der Waals surface area contributed by atoms with Gasteiger partial charge in [-0.3, -0.25) is 4.98 Å². The van der Waals surface area contributed by atoms with Crippen molar-refractivity contribution in [3.8, 4) is 0 Å². The third kappa shape index (κ3) is 2.22. The summed E-state index contributed by atoms with van der Waals surface area (Å²) in [4.78, 5) is 8.52. The van der Waals surface area contributed by atoms with Crippen LogP contribution in [0, 0.1) is 6.92 Å². The predicted molar refractivity (Wildman–Crippen MR) is 74.7 cm³/mol. The van der Waals surface area contributed by atoms with Gasteiger partial charge < -0.3 is 15.5 Å². The number of fused-ring (bicyclic) bond motifs is 1. The molecule has 3 aromatic rings. The Morgan fingerprint density at radius 3 is 2.95 bits per heavy atom. The Labute approximate surface area is 110 Å². The fraction of sp³-hybridized carbons (Fsp3) is 0.143. The van der Waals surface area contributed by atoms with Crippen LogP contribution < -0.4 is 11.1 Å². The largest absolute Gasteiger partial charge is 0.444 e. The third-order valence-electron chi connectivity index (χ3n) is 2.90. The summed E-state index contributed by atoms with van der Waals surface area (Å²) < 4.78 is 5.42. The molecule has 0 aliphatic rings. The molecule has 0 fully saturated rings. The summed E-state index contributed by atoms with van der Waals surface area (Å²) in [5, 5.41) is 4.21. The predicted octanol–water partition coefficient (Wildman–Crippen LogP) is 2.73. The van der Waals surface area contributed by atoms with Crippen molar-refractivity contribution >= 4 is 22.3 Å². The SMILES string of the molecule is Cc1cnc(CNc2ccc(N)c3cccnc23)o1. The molecule has 3 rings (SSSR count). The van der Waals surface area contributed by atoms with E-state index in [1.54, 1.807) is 12.4 Å². The number of pyridine rings is 1. The highest BCUT2D eigenvalue weighted by Crippen LogP contribution is 2.26. The monoisotopic (exact) mass is 254 g/mol. The number of nitrogens with one attached hydrogen (secondary N) is 1. The lowest BCUT2D eigenvalue weighted by Gasteiger charge is -2.09. The van der Waals surface area contributed by atoms with Crippen LogP contribution in [0.25, 0.3) is 10.9 Å². The van der Waals surface area contributed by atoms with Gasteiger partial charge in [0.05, 0.1) is 23.9 Å². The van der Waals surface area contributed by atoms with Crippen molar-refractivity contribution in [2.24, 2.45) is 0 Å². The smallest absolute Gasteiger partial charge is 0.213 e. The Hall–Kier alpha value is -2.56. The normalized spacial score (nSPS) is 10.8. The van der Waals surface area contributed by atoms with Gasteiger partial charge in [0.2, 0.25) is 5.89 Å². The summed E-state index contributed by atoms with van der Waals surface area (Å²) in [6, 6.07) is 7.62. The Morgan fingerprint density at radius 1 is 1.26 bits per heavy atom. The molecule has 1 aromatic carbocycles. The number of hydrogen-bond donors (Lipinski definition) is 2. The number of nitrogen functional groups attached to an aromatic ring is 1. The maximum atomic E-state index is 5.94. The fourth-order valence-corrected chi connectivity index (χ4v) is 1.99. The van der Waals surface area contributed by atoms with E-state index < -0.39 is 0 Å². The van der Waals surface area contributed by atoms with Gasteiger partial charge in [0.1, 0.15) is 5.76 Å². The summed E-state index contributed by atoms with van der Waals surface area (Å²) in [6.07, 6.45) is 3.46. The van der Waals surface area contributed by atoms with Gasteiger partial charge in [-0.15, -0.1) is 0 Å². The lowest BCUT2D eigenvalue weighted by atomic mass is 10.1. The molecule has 96 valence electrons. The molecular formula is C14H14N4O. The van der Waals surface area contributed by atoms with Crippen molar-refractivity contribution in [2.45, 2.75) is 13.5 Å². The number of aromatic nitrogens is 2. The van der Waals surface area contributed by atoms with Crippen molar-refractivity contribution in [1.82, 2.24) is 9.97 Å². The number of nitrogens with two attached hydrogens (primary N) is 1. The van der Waals surface area contributed by atoms with Gasteiger partial charge in [-0.05, 0) is 31.2 Å². The van der Waals surface area contributed by atoms with Crippen molar-refractivity contribution in [3.05, 3.63) is 48.3 Å². The van der Waals surface area contributed by atoms with Crippen molar-refractivity contribution in [2.75, 3.05) is 11.1 Å². The number of anilines is 2. The molecule has 19 heavy (non-hydrogen) atoms. The zero-order chi connectivity index (χ0) is 13.2. The molecule has 2 aromatic heterocycles. The van der Waals surface area contributed by atoms with Crippen LogP contribution in [-0.4, -0.2) is 9.97 Å². The third-order valence-corrected chi connectivity index (χ3v) is 2.90. The number of rotatable bonds is 3. The highest BCUT2D eigenvalue weighted by atomic mass is 16.4. The van der Waals surface area contributed by atoms with E-state index in [9.17, 15) is 0 Å². The van der Waals surface area contributed by atoms with E-state index in [2.05, 4.69) is 15.3 Å². The van der Waals surface area contributed by atoms with Crippen molar-refractivity contribution in [3.63, 3.8) is 0 Å². The summed E-state index contributed by atoms with van der Waals surface area (Å²) in [5.74, 6) is 1.45. The lowest BCUT2D eigenvalue weighted by molar-refractivity contribution is 0.479. The molecule has 0 spiro atoms. The van der Waals surface area contributed by atoms with Crippen LogP contribution in [-0.2, 0) is 6.54 Å². The Bertz CT molecular complexity index is 720. The van der Waals surface area contributed by atoms with Gasteiger partial charge in [-0.2, -0.15) is 0 Å². The molecule has 0 unspecified atom stereocenters. The standard InChI is InChI=1S/C14H14N4O/c1-9-7-18-13(19-9)8-17-12-5-4-11(15)10-3-2-6-16-14(10)12/h2-7,17H,8,15H2,1H3. The first-order valence-corrected chi connectivity index (χ1v) is 6.02. The van der Waals surface area contributed by atoms with E-state index in [-0.39, 0.29) is 0 Å². The van der Waals surface area contributed by atoms with Crippen LogP contribution in [0.1, 0.15) is 11.7 Å². The molecule has 0 saturated heterocycles. The average molecular weight is 254 g/mol. The minimum Gasteiger partial charge on any atom is -0.444 e. The highest BCUT2D eigenvalue weighted by molar-refractivity contribution is 5.98. The molecule has 3 N–H and O–H groups in total. The molecule has 5 nitrogen and oxygen atoms in total. The van der Waals surface area contributed by atoms with E-state index in [1.165, 1.54) is 0 Å². The van der Waals surface area contributed by atoms with Crippen LogP contribution in [0.5, 0.6) is 0 Å². The second-order valence-electron chi connectivity index (χ2n) is 4.32. The summed E-state index contributed by atoms with van der Waals surface area (Å²) >= 11 is 0. The topological polar surface area (TPSA) is 77.0 Å². The number of oxazole rings is 1. The van der Waals surface area contributed by atoms with E-state index >= 15 is 0 Å². The van der Waals surface area contributed by atoms with Crippen LogP contribution in [0.3, 0.4) is 0 Å².